The van der Waals surface area contributed by atoms with Crippen molar-refractivity contribution in [3.8, 4) is 23.0 Å². The second-order valence-corrected chi connectivity index (χ2v) is 7.45. The summed E-state index contributed by atoms with van der Waals surface area (Å²) in [6.45, 7) is 2.19. The van der Waals surface area contributed by atoms with E-state index in [1.807, 2.05) is 72.8 Å². The molecule has 4 nitrogen and oxygen atoms in total. The van der Waals surface area contributed by atoms with Gasteiger partial charge in [0.25, 0.3) is 0 Å². The lowest BCUT2D eigenvalue weighted by molar-refractivity contribution is 0.480. The van der Waals surface area contributed by atoms with Gasteiger partial charge in [0.2, 0.25) is 0 Å². The maximum atomic E-state index is 6.03. The van der Waals surface area contributed by atoms with E-state index in [9.17, 15) is 0 Å². The average Bonchev–Trinajstić information content (AvgIpc) is 2.78. The standard InChI is InChI=1S/C27H26N2O2/c1-2-27(19-5-3-7-25(17-19)30-23-13-9-21(28)10-14-23)20-6-4-8-26(18-20)31-24-15-11-22(29)12-16-24/h3-18,27H,2,28-29H2,1H3. The van der Waals surface area contributed by atoms with E-state index in [0.29, 0.717) is 11.4 Å². The smallest absolute Gasteiger partial charge is 0.127 e. The minimum atomic E-state index is 0.227. The van der Waals surface area contributed by atoms with Crippen molar-refractivity contribution in [2.24, 2.45) is 0 Å². The fourth-order valence-electron chi connectivity index (χ4n) is 3.60. The Morgan fingerprint density at radius 2 is 1.00 bits per heavy atom. The lowest BCUT2D eigenvalue weighted by Crippen LogP contribution is -2.00. The van der Waals surface area contributed by atoms with Crippen LogP contribution in [0.3, 0.4) is 0 Å². The number of nitrogens with two attached hydrogens (primary N) is 2. The molecule has 0 spiro atoms. The Morgan fingerprint density at radius 1 is 0.581 bits per heavy atom. The summed E-state index contributed by atoms with van der Waals surface area (Å²) in [5, 5.41) is 0. The zero-order valence-corrected chi connectivity index (χ0v) is 17.5. The minimum absolute atomic E-state index is 0.227. The van der Waals surface area contributed by atoms with Crippen molar-refractivity contribution in [1.29, 1.82) is 0 Å². The van der Waals surface area contributed by atoms with Crippen LogP contribution in [0.4, 0.5) is 11.4 Å². The molecule has 156 valence electrons. The highest BCUT2D eigenvalue weighted by Gasteiger charge is 2.14. The summed E-state index contributed by atoms with van der Waals surface area (Å²) < 4.78 is 12.1. The second-order valence-electron chi connectivity index (χ2n) is 7.45. The van der Waals surface area contributed by atoms with Crippen LogP contribution in [0.1, 0.15) is 30.4 Å². The molecule has 0 unspecified atom stereocenters. The van der Waals surface area contributed by atoms with Crippen LogP contribution in [-0.4, -0.2) is 0 Å². The molecule has 0 heterocycles. The summed E-state index contributed by atoms with van der Waals surface area (Å²) in [5.74, 6) is 3.35. The van der Waals surface area contributed by atoms with E-state index in [4.69, 9.17) is 20.9 Å². The Kier molecular flexibility index (Phi) is 6.08. The fourth-order valence-corrected chi connectivity index (χ4v) is 3.60. The summed E-state index contributed by atoms with van der Waals surface area (Å²) in [4.78, 5) is 0. The molecule has 0 saturated heterocycles. The number of hydrogen-bond acceptors (Lipinski definition) is 4. The molecule has 0 aromatic heterocycles. The molecule has 31 heavy (non-hydrogen) atoms. The van der Waals surface area contributed by atoms with Gasteiger partial charge in [-0.3, -0.25) is 0 Å². The predicted molar refractivity (Wildman–Crippen MR) is 127 cm³/mol. The van der Waals surface area contributed by atoms with E-state index in [1.54, 1.807) is 0 Å². The number of benzene rings is 4. The lowest BCUT2D eigenvalue weighted by Gasteiger charge is -2.18. The number of anilines is 2. The van der Waals surface area contributed by atoms with Crippen LogP contribution < -0.4 is 20.9 Å². The topological polar surface area (TPSA) is 70.5 Å². The van der Waals surface area contributed by atoms with Crippen LogP contribution in [0.15, 0.2) is 97.1 Å². The van der Waals surface area contributed by atoms with Crippen LogP contribution in [0.25, 0.3) is 0 Å². The maximum absolute atomic E-state index is 6.03. The first-order valence-electron chi connectivity index (χ1n) is 10.4. The van der Waals surface area contributed by atoms with Crippen molar-refractivity contribution in [2.75, 3.05) is 11.5 Å². The molecule has 0 radical (unpaired) electrons. The van der Waals surface area contributed by atoms with E-state index in [-0.39, 0.29) is 5.92 Å². The molecule has 0 amide bonds. The van der Waals surface area contributed by atoms with Gasteiger partial charge in [0.05, 0.1) is 0 Å². The Morgan fingerprint density at radius 3 is 1.39 bits per heavy atom. The van der Waals surface area contributed by atoms with E-state index in [2.05, 4.69) is 31.2 Å². The SMILES string of the molecule is CCC(c1cccc(Oc2ccc(N)cc2)c1)c1cccc(Oc2ccc(N)cc2)c1. The Bertz CT molecular complexity index is 1050. The van der Waals surface area contributed by atoms with Gasteiger partial charge in [-0.25, -0.2) is 0 Å². The average molecular weight is 411 g/mol. The van der Waals surface area contributed by atoms with E-state index >= 15 is 0 Å². The van der Waals surface area contributed by atoms with E-state index in [0.717, 1.165) is 29.4 Å². The summed E-state index contributed by atoms with van der Waals surface area (Å²) >= 11 is 0. The summed E-state index contributed by atoms with van der Waals surface area (Å²) in [6, 6.07) is 31.3. The van der Waals surface area contributed by atoms with Crippen molar-refractivity contribution in [2.45, 2.75) is 19.3 Å². The van der Waals surface area contributed by atoms with Crippen LogP contribution in [0.2, 0.25) is 0 Å². The minimum Gasteiger partial charge on any atom is -0.457 e. The third-order valence-electron chi connectivity index (χ3n) is 5.16. The monoisotopic (exact) mass is 410 g/mol. The number of rotatable bonds is 7. The van der Waals surface area contributed by atoms with Crippen LogP contribution in [0.5, 0.6) is 23.0 Å². The third-order valence-corrected chi connectivity index (χ3v) is 5.16. The highest BCUT2D eigenvalue weighted by atomic mass is 16.5. The van der Waals surface area contributed by atoms with Gasteiger partial charge < -0.3 is 20.9 Å². The van der Waals surface area contributed by atoms with E-state index in [1.165, 1.54) is 11.1 Å². The predicted octanol–water partition coefficient (Wildman–Crippen LogP) is 6.98. The molecule has 0 bridgehead atoms. The third kappa shape index (κ3) is 5.17. The molecule has 4 N–H and O–H groups in total. The quantitative estimate of drug-likeness (QED) is 0.323. The van der Waals surface area contributed by atoms with Crippen LogP contribution in [0, 0.1) is 0 Å². The van der Waals surface area contributed by atoms with Gasteiger partial charge in [-0.2, -0.15) is 0 Å². The fraction of sp³-hybridized carbons (Fsp3) is 0.111. The second kappa shape index (κ2) is 9.26. The first-order valence-corrected chi connectivity index (χ1v) is 10.4. The molecule has 0 saturated carbocycles. The summed E-state index contributed by atoms with van der Waals surface area (Å²) in [7, 11) is 0. The zero-order valence-electron chi connectivity index (χ0n) is 17.5. The van der Waals surface area contributed by atoms with E-state index < -0.39 is 0 Å². The molecule has 0 aliphatic carbocycles. The Hall–Kier alpha value is -3.92. The molecule has 4 heteroatoms. The largest absolute Gasteiger partial charge is 0.457 e. The molecule has 0 aliphatic heterocycles. The molecule has 4 rings (SSSR count). The number of ether oxygens (including phenoxy) is 2. The van der Waals surface area contributed by atoms with Crippen molar-refractivity contribution in [3.63, 3.8) is 0 Å². The molecule has 0 aliphatic rings. The van der Waals surface area contributed by atoms with Gasteiger partial charge >= 0.3 is 0 Å². The molecule has 0 atom stereocenters. The van der Waals surface area contributed by atoms with Crippen molar-refractivity contribution in [1.82, 2.24) is 0 Å². The van der Waals surface area contributed by atoms with Crippen molar-refractivity contribution in [3.05, 3.63) is 108 Å². The highest BCUT2D eigenvalue weighted by Crippen LogP contribution is 2.34. The van der Waals surface area contributed by atoms with Gasteiger partial charge in [-0.15, -0.1) is 0 Å². The highest BCUT2D eigenvalue weighted by molar-refractivity contribution is 5.46. The first-order chi connectivity index (χ1) is 15.1. The molecule has 4 aromatic rings. The van der Waals surface area contributed by atoms with Gasteiger partial charge in [-0.1, -0.05) is 31.2 Å². The van der Waals surface area contributed by atoms with Crippen LogP contribution in [-0.2, 0) is 0 Å². The van der Waals surface area contributed by atoms with Crippen molar-refractivity contribution >= 4 is 11.4 Å². The van der Waals surface area contributed by atoms with Crippen LogP contribution >= 0.6 is 0 Å². The Labute approximate surface area is 183 Å². The van der Waals surface area contributed by atoms with Gasteiger partial charge in [0.1, 0.15) is 23.0 Å². The number of nitrogen functional groups attached to an aromatic ring is 2. The summed E-state index contributed by atoms with van der Waals surface area (Å²) in [6.07, 6.45) is 0.955. The normalized spacial score (nSPS) is 10.8. The lowest BCUT2D eigenvalue weighted by atomic mass is 9.89. The van der Waals surface area contributed by atoms with Gasteiger partial charge in [-0.05, 0) is 90.3 Å². The zero-order chi connectivity index (χ0) is 21.6. The molecular weight excluding hydrogens is 384 g/mol. The van der Waals surface area contributed by atoms with Gasteiger partial charge in [0.15, 0.2) is 0 Å². The van der Waals surface area contributed by atoms with Gasteiger partial charge in [0, 0.05) is 17.3 Å². The molecular formula is C27H26N2O2. The van der Waals surface area contributed by atoms with Crippen molar-refractivity contribution < 1.29 is 9.47 Å². The molecule has 0 fully saturated rings. The Balaban J connectivity index is 1.55. The first kappa shape index (κ1) is 20.4. The molecule has 4 aromatic carbocycles. The maximum Gasteiger partial charge on any atom is 0.127 e. The number of hydrogen-bond donors (Lipinski definition) is 2. The summed E-state index contributed by atoms with van der Waals surface area (Å²) in [5.41, 5.74) is 15.3.